The van der Waals surface area contributed by atoms with Crippen LogP contribution in [0.1, 0.15) is 20.3 Å². The zero-order chi connectivity index (χ0) is 18.7. The van der Waals surface area contributed by atoms with E-state index in [0.29, 0.717) is 24.0 Å². The molecular weight excluding hydrogens is 390 g/mol. The molecule has 0 saturated carbocycles. The van der Waals surface area contributed by atoms with Gasteiger partial charge in [0.15, 0.2) is 0 Å². The van der Waals surface area contributed by atoms with Crippen LogP contribution in [0.4, 0.5) is 18.9 Å². The molecule has 10 heteroatoms. The molecule has 1 amide bonds. The largest absolute Gasteiger partial charge is 0.426 e. The normalized spacial score (nSPS) is 15.7. The molecule has 0 fully saturated rings. The summed E-state index contributed by atoms with van der Waals surface area (Å²) in [6.45, 7) is 2.15. The number of thioether (sulfide) groups is 1. The van der Waals surface area contributed by atoms with Gasteiger partial charge in [-0.1, -0.05) is 30.1 Å². The highest BCUT2D eigenvalue weighted by Gasteiger charge is 2.55. The van der Waals surface area contributed by atoms with Crippen LogP contribution in [0.15, 0.2) is 17.0 Å². The minimum Gasteiger partial charge on any atom is -0.392 e. The van der Waals surface area contributed by atoms with E-state index in [2.05, 4.69) is 0 Å². The molecule has 2 atom stereocenters. The van der Waals surface area contributed by atoms with E-state index in [9.17, 15) is 28.2 Å². The van der Waals surface area contributed by atoms with Crippen molar-refractivity contribution in [3.63, 3.8) is 0 Å². The van der Waals surface area contributed by atoms with Gasteiger partial charge in [0.25, 0.3) is 5.91 Å². The molecule has 0 radical (unpaired) electrons. The molecule has 24 heavy (non-hydrogen) atoms. The van der Waals surface area contributed by atoms with Crippen molar-refractivity contribution in [1.82, 2.24) is 0 Å². The molecule has 0 aliphatic rings. The number of hydrogen-bond donors (Lipinski definition) is 3. The minimum absolute atomic E-state index is 0.0365. The average molecular weight is 406 g/mol. The quantitative estimate of drug-likeness (QED) is 0.622. The monoisotopic (exact) mass is 405 g/mol. The van der Waals surface area contributed by atoms with Crippen molar-refractivity contribution < 1.29 is 28.2 Å². The molecular formula is C14H16Cl2F3NO3S. The van der Waals surface area contributed by atoms with Crippen molar-refractivity contribution in [3.8, 4) is 0 Å². The molecule has 4 nitrogen and oxygen atoms in total. The van der Waals surface area contributed by atoms with Crippen LogP contribution in [-0.2, 0) is 4.79 Å². The standard InChI is InChI=1S/C14H16Cl2F3NO3S/c1-3-7(21)6-24-9-5-4-8(10(15)11(9)16)20-12(22)13(2,23)14(17,18)19/h4-5,7,21,23H,3,6H2,1-2H3,(H,20,22)/t7?,13-/m1/s1. The summed E-state index contributed by atoms with van der Waals surface area (Å²) in [4.78, 5) is 12.2. The Balaban J connectivity index is 2.96. The molecule has 0 aliphatic carbocycles. The van der Waals surface area contributed by atoms with Crippen molar-refractivity contribution in [2.24, 2.45) is 0 Å². The van der Waals surface area contributed by atoms with Crippen LogP contribution in [0.5, 0.6) is 0 Å². The number of anilines is 1. The first-order valence-corrected chi connectivity index (χ1v) is 8.55. The lowest BCUT2D eigenvalue weighted by Crippen LogP contribution is -2.52. The highest BCUT2D eigenvalue weighted by atomic mass is 35.5. The van der Waals surface area contributed by atoms with Gasteiger partial charge in [-0.05, 0) is 25.5 Å². The van der Waals surface area contributed by atoms with Gasteiger partial charge in [0, 0.05) is 10.6 Å². The van der Waals surface area contributed by atoms with Crippen LogP contribution >= 0.6 is 35.0 Å². The summed E-state index contributed by atoms with van der Waals surface area (Å²) in [5.74, 6) is -1.31. The van der Waals surface area contributed by atoms with Gasteiger partial charge in [0.05, 0.1) is 21.8 Å². The molecule has 136 valence electrons. The smallest absolute Gasteiger partial charge is 0.392 e. The summed E-state index contributed by atoms with van der Waals surface area (Å²) in [6, 6.07) is 2.73. The van der Waals surface area contributed by atoms with Gasteiger partial charge >= 0.3 is 6.18 Å². The minimum atomic E-state index is -5.14. The lowest BCUT2D eigenvalue weighted by molar-refractivity contribution is -0.242. The Bertz CT molecular complexity index is 612. The Morgan fingerprint density at radius 2 is 1.92 bits per heavy atom. The molecule has 0 aliphatic heterocycles. The van der Waals surface area contributed by atoms with Crippen LogP contribution < -0.4 is 5.32 Å². The van der Waals surface area contributed by atoms with Crippen LogP contribution in [0.25, 0.3) is 0 Å². The Labute approximate surface area is 151 Å². The van der Waals surface area contributed by atoms with Gasteiger partial charge in [0.1, 0.15) is 0 Å². The summed E-state index contributed by atoms with van der Waals surface area (Å²) < 4.78 is 37.9. The number of carbonyl (C=O) groups excluding carboxylic acids is 1. The summed E-state index contributed by atoms with van der Waals surface area (Å²) in [5, 5.41) is 20.7. The Hall–Kier alpha value is -0.670. The summed E-state index contributed by atoms with van der Waals surface area (Å²) in [5.41, 5.74) is -3.72. The van der Waals surface area contributed by atoms with Gasteiger partial charge in [0.2, 0.25) is 5.60 Å². The van der Waals surface area contributed by atoms with E-state index in [1.807, 2.05) is 12.2 Å². The van der Waals surface area contributed by atoms with Gasteiger partial charge in [-0.2, -0.15) is 13.2 Å². The van der Waals surface area contributed by atoms with Crippen molar-refractivity contribution >= 4 is 46.6 Å². The lowest BCUT2D eigenvalue weighted by atomic mass is 10.1. The second-order valence-corrected chi connectivity index (χ2v) is 6.95. The predicted molar refractivity (Wildman–Crippen MR) is 88.8 cm³/mol. The maximum Gasteiger partial charge on any atom is 0.426 e. The zero-order valence-corrected chi connectivity index (χ0v) is 15.1. The molecule has 0 spiro atoms. The van der Waals surface area contributed by atoms with E-state index in [1.165, 1.54) is 23.9 Å². The number of carbonyl (C=O) groups is 1. The Morgan fingerprint density at radius 3 is 2.42 bits per heavy atom. The summed E-state index contributed by atoms with van der Waals surface area (Å²) >= 11 is 13.2. The number of halogens is 5. The van der Waals surface area contributed by atoms with Crippen molar-refractivity contribution in [3.05, 3.63) is 22.2 Å². The number of rotatable bonds is 6. The first-order valence-electron chi connectivity index (χ1n) is 6.81. The number of amides is 1. The predicted octanol–water partition coefficient (Wildman–Crippen LogP) is 4.11. The van der Waals surface area contributed by atoms with E-state index in [-0.39, 0.29) is 15.7 Å². The number of hydrogen-bond acceptors (Lipinski definition) is 4. The number of nitrogens with one attached hydrogen (secondary N) is 1. The van der Waals surface area contributed by atoms with Gasteiger partial charge in [-0.25, -0.2) is 0 Å². The topological polar surface area (TPSA) is 69.6 Å². The summed E-state index contributed by atoms with van der Waals surface area (Å²) in [6.07, 6.45) is -5.12. The average Bonchev–Trinajstić information content (AvgIpc) is 2.49. The summed E-state index contributed by atoms with van der Waals surface area (Å²) in [7, 11) is 0. The zero-order valence-electron chi connectivity index (χ0n) is 12.7. The van der Waals surface area contributed by atoms with E-state index < -0.39 is 23.8 Å². The van der Waals surface area contributed by atoms with Gasteiger partial charge in [-0.15, -0.1) is 11.8 Å². The third kappa shape index (κ3) is 4.92. The van der Waals surface area contributed by atoms with E-state index >= 15 is 0 Å². The van der Waals surface area contributed by atoms with Gasteiger partial charge in [-0.3, -0.25) is 4.79 Å². The van der Waals surface area contributed by atoms with Crippen LogP contribution in [0, 0.1) is 0 Å². The lowest BCUT2D eigenvalue weighted by Gasteiger charge is -2.25. The second kappa shape index (κ2) is 8.14. The third-order valence-electron chi connectivity index (χ3n) is 3.19. The van der Waals surface area contributed by atoms with Crippen LogP contribution in [0.3, 0.4) is 0 Å². The molecule has 0 aromatic heterocycles. The number of alkyl halides is 3. The Morgan fingerprint density at radius 1 is 1.33 bits per heavy atom. The highest BCUT2D eigenvalue weighted by molar-refractivity contribution is 7.99. The molecule has 1 unspecified atom stereocenters. The van der Waals surface area contributed by atoms with E-state index in [1.54, 1.807) is 0 Å². The van der Waals surface area contributed by atoms with Crippen LogP contribution in [-0.4, -0.2) is 39.8 Å². The third-order valence-corrected chi connectivity index (χ3v) is 5.39. The Kier molecular flexibility index (Phi) is 7.25. The number of aliphatic hydroxyl groups is 2. The SMILES string of the molecule is CCC(O)CSc1ccc(NC(=O)[C@@](C)(O)C(F)(F)F)c(Cl)c1Cl. The van der Waals surface area contributed by atoms with E-state index in [0.717, 1.165) is 0 Å². The number of benzene rings is 1. The van der Waals surface area contributed by atoms with Crippen LogP contribution in [0.2, 0.25) is 10.0 Å². The second-order valence-electron chi connectivity index (χ2n) is 5.14. The molecule has 0 heterocycles. The molecule has 1 aromatic carbocycles. The highest BCUT2D eigenvalue weighted by Crippen LogP contribution is 2.39. The van der Waals surface area contributed by atoms with Gasteiger partial charge < -0.3 is 15.5 Å². The van der Waals surface area contributed by atoms with E-state index in [4.69, 9.17) is 23.2 Å². The molecule has 0 saturated heterocycles. The maximum absolute atomic E-state index is 12.6. The fourth-order valence-electron chi connectivity index (χ4n) is 1.42. The molecule has 0 bridgehead atoms. The van der Waals surface area contributed by atoms with Crippen molar-refractivity contribution in [2.75, 3.05) is 11.1 Å². The first-order chi connectivity index (χ1) is 10.9. The number of aliphatic hydroxyl groups excluding tert-OH is 1. The fourth-order valence-corrected chi connectivity index (χ4v) is 3.01. The first kappa shape index (κ1) is 21.4. The van der Waals surface area contributed by atoms with Crippen molar-refractivity contribution in [2.45, 2.75) is 43.0 Å². The van der Waals surface area contributed by atoms with Crippen molar-refractivity contribution in [1.29, 1.82) is 0 Å². The maximum atomic E-state index is 12.6. The molecule has 1 rings (SSSR count). The fraction of sp³-hybridized carbons (Fsp3) is 0.500. The molecule has 3 N–H and O–H groups in total. The molecule has 1 aromatic rings.